The van der Waals surface area contributed by atoms with Gasteiger partial charge in [-0.2, -0.15) is 4.98 Å². The first-order valence-corrected chi connectivity index (χ1v) is 12.4. The molecule has 0 saturated heterocycles. The van der Waals surface area contributed by atoms with Gasteiger partial charge < -0.3 is 14.8 Å². The van der Waals surface area contributed by atoms with Crippen LogP contribution >= 0.6 is 23.2 Å². The van der Waals surface area contributed by atoms with Crippen LogP contribution in [0.2, 0.25) is 10.0 Å². The van der Waals surface area contributed by atoms with Crippen LogP contribution < -0.4 is 20.1 Å². The van der Waals surface area contributed by atoms with E-state index in [1.54, 1.807) is 31.0 Å². The van der Waals surface area contributed by atoms with Gasteiger partial charge >= 0.3 is 0 Å². The summed E-state index contributed by atoms with van der Waals surface area (Å²) in [6.07, 6.45) is 0.805. The third kappa shape index (κ3) is 5.35. The van der Waals surface area contributed by atoms with Crippen LogP contribution in [0.1, 0.15) is 35.2 Å². The summed E-state index contributed by atoms with van der Waals surface area (Å²) in [6.45, 7) is 0. The van der Waals surface area contributed by atoms with Gasteiger partial charge in [0.1, 0.15) is 0 Å². The Morgan fingerprint density at radius 3 is 2.54 bits per heavy atom. The Morgan fingerprint density at radius 1 is 1.05 bits per heavy atom. The molecule has 0 saturated carbocycles. The number of carbonyl (C=O) groups excluding carboxylic acids is 1. The van der Waals surface area contributed by atoms with Crippen molar-refractivity contribution in [1.82, 2.24) is 14.8 Å². The smallest absolute Gasteiger partial charge is 0.250 e. The lowest BCUT2D eigenvalue weighted by molar-refractivity contribution is -0.115. The maximum Gasteiger partial charge on any atom is 0.250 e. The number of hydrogen-bond donors (Lipinski definition) is 2. The summed E-state index contributed by atoms with van der Waals surface area (Å²) in [5.41, 5.74) is 2.77. The number of fused-ring (bicyclic) bond motifs is 1. The second-order valence-corrected chi connectivity index (χ2v) is 9.48. The highest BCUT2D eigenvalue weighted by atomic mass is 35.5. The van der Waals surface area contributed by atoms with Gasteiger partial charge in [-0.05, 0) is 53.4 Å². The molecule has 4 aromatic rings. The predicted molar refractivity (Wildman–Crippen MR) is 144 cm³/mol. The van der Waals surface area contributed by atoms with E-state index in [1.807, 2.05) is 54.6 Å². The lowest BCUT2D eigenvalue weighted by Gasteiger charge is -2.32. The number of aromatic nitrogens is 3. The van der Waals surface area contributed by atoms with Crippen LogP contribution in [0.25, 0.3) is 0 Å². The van der Waals surface area contributed by atoms with Crippen LogP contribution in [0.15, 0.2) is 66.7 Å². The fourth-order valence-corrected chi connectivity index (χ4v) is 4.88. The first-order chi connectivity index (χ1) is 17.9. The molecule has 0 spiro atoms. The predicted octanol–water partition coefficient (Wildman–Crippen LogP) is 5.93. The molecule has 5 rings (SSSR count). The minimum atomic E-state index is -0.251. The van der Waals surface area contributed by atoms with E-state index in [4.69, 9.17) is 32.7 Å². The second kappa shape index (κ2) is 10.7. The largest absolute Gasteiger partial charge is 0.493 e. The van der Waals surface area contributed by atoms with E-state index in [9.17, 15) is 4.79 Å². The van der Waals surface area contributed by atoms with Crippen LogP contribution in [0.5, 0.6) is 11.5 Å². The van der Waals surface area contributed by atoms with Gasteiger partial charge in [0.2, 0.25) is 11.9 Å². The topological polar surface area (TPSA) is 90.3 Å². The zero-order valence-corrected chi connectivity index (χ0v) is 21.8. The quantitative estimate of drug-likeness (QED) is 0.303. The Bertz CT molecular complexity index is 1420. The van der Waals surface area contributed by atoms with E-state index >= 15 is 0 Å². The molecule has 2 N–H and O–H groups in total. The molecule has 1 aromatic heterocycles. The highest BCUT2D eigenvalue weighted by Crippen LogP contribution is 2.40. The lowest BCUT2D eigenvalue weighted by Crippen LogP contribution is -2.28. The third-order valence-corrected chi connectivity index (χ3v) is 6.89. The number of rotatable bonds is 7. The van der Waals surface area contributed by atoms with Gasteiger partial charge in [-0.25, -0.2) is 4.68 Å². The Hall–Kier alpha value is -3.75. The summed E-state index contributed by atoms with van der Waals surface area (Å²) < 4.78 is 12.4. The van der Waals surface area contributed by atoms with Gasteiger partial charge in [-0.15, -0.1) is 5.10 Å². The Balaban J connectivity index is 1.41. The molecule has 0 aliphatic carbocycles. The molecule has 1 amide bonds. The minimum Gasteiger partial charge on any atom is -0.493 e. The fraction of sp³-hybridized carbons (Fsp3) is 0.222. The summed E-state index contributed by atoms with van der Waals surface area (Å²) in [4.78, 5) is 17.4. The van der Waals surface area contributed by atoms with E-state index in [0.29, 0.717) is 33.9 Å². The summed E-state index contributed by atoms with van der Waals surface area (Å²) in [6, 6.07) is 20.5. The molecular formula is C27H25Cl2N5O3. The zero-order valence-electron chi connectivity index (χ0n) is 20.2. The molecule has 8 nitrogen and oxygen atoms in total. The zero-order chi connectivity index (χ0) is 25.9. The third-order valence-electron chi connectivity index (χ3n) is 6.29. The lowest BCUT2D eigenvalue weighted by atomic mass is 9.93. The van der Waals surface area contributed by atoms with Crippen LogP contribution in [0.3, 0.4) is 0 Å². The van der Waals surface area contributed by atoms with Crippen molar-refractivity contribution in [3.63, 3.8) is 0 Å². The van der Waals surface area contributed by atoms with Crippen molar-refractivity contribution in [1.29, 1.82) is 0 Å². The summed E-state index contributed by atoms with van der Waals surface area (Å²) >= 11 is 12.7. The molecule has 2 atom stereocenters. The Kier molecular flexibility index (Phi) is 7.21. The van der Waals surface area contributed by atoms with Crippen molar-refractivity contribution in [3.8, 4) is 11.5 Å². The van der Waals surface area contributed by atoms with E-state index in [-0.39, 0.29) is 30.4 Å². The van der Waals surface area contributed by atoms with Crippen molar-refractivity contribution < 1.29 is 14.3 Å². The van der Waals surface area contributed by atoms with Crippen molar-refractivity contribution in [2.45, 2.75) is 24.9 Å². The Labute approximate surface area is 224 Å². The number of benzene rings is 3. The normalized spacial score (nSPS) is 16.4. The SMILES string of the molecule is COc1ccc(CC(=O)Nc2nc3n(n2)[C@@H](c2ccccc2Cl)C[C@H](c2ccc(Cl)cc2)N3)cc1OC. The summed E-state index contributed by atoms with van der Waals surface area (Å²) in [5, 5.41) is 12.2. The van der Waals surface area contributed by atoms with E-state index in [0.717, 1.165) is 16.7 Å². The van der Waals surface area contributed by atoms with Crippen LogP contribution in [0.4, 0.5) is 11.9 Å². The minimum absolute atomic E-state index is 0.0504. The summed E-state index contributed by atoms with van der Waals surface area (Å²) in [7, 11) is 3.12. The molecule has 1 aliphatic rings. The molecule has 37 heavy (non-hydrogen) atoms. The number of amides is 1. The number of anilines is 2. The molecular weight excluding hydrogens is 513 g/mol. The molecule has 3 aromatic carbocycles. The summed E-state index contributed by atoms with van der Waals surface area (Å²) in [5.74, 6) is 1.66. The molecule has 1 aliphatic heterocycles. The highest BCUT2D eigenvalue weighted by molar-refractivity contribution is 6.31. The number of nitrogens with one attached hydrogen (secondary N) is 2. The molecule has 0 radical (unpaired) electrons. The monoisotopic (exact) mass is 537 g/mol. The number of hydrogen-bond acceptors (Lipinski definition) is 6. The average molecular weight is 538 g/mol. The fourth-order valence-electron chi connectivity index (χ4n) is 4.49. The van der Waals surface area contributed by atoms with E-state index in [2.05, 4.69) is 20.7 Å². The van der Waals surface area contributed by atoms with Gasteiger partial charge in [0.05, 0.1) is 32.7 Å². The molecule has 2 heterocycles. The van der Waals surface area contributed by atoms with Gasteiger partial charge in [-0.1, -0.05) is 59.6 Å². The van der Waals surface area contributed by atoms with Gasteiger partial charge in [0.25, 0.3) is 5.95 Å². The highest BCUT2D eigenvalue weighted by Gasteiger charge is 2.32. The van der Waals surface area contributed by atoms with Crippen LogP contribution in [-0.2, 0) is 11.2 Å². The molecule has 0 fully saturated rings. The maximum absolute atomic E-state index is 12.8. The van der Waals surface area contributed by atoms with E-state index in [1.165, 1.54) is 0 Å². The molecule has 190 valence electrons. The number of carbonyl (C=O) groups is 1. The first kappa shape index (κ1) is 24.9. The standard InChI is InChI=1S/C27H25Cl2N5O3/c1-36-23-12-7-16(13-24(23)37-2)14-25(35)31-26-32-27-30-21(17-8-10-18(28)11-9-17)15-22(34(27)33-26)19-5-3-4-6-20(19)29/h3-13,21-22H,14-15H2,1-2H3,(H2,30,31,32,33,35)/t21-,22-/m1/s1. The van der Waals surface area contributed by atoms with Crippen molar-refractivity contribution >= 4 is 41.0 Å². The van der Waals surface area contributed by atoms with Gasteiger partial charge in [-0.3, -0.25) is 10.1 Å². The number of methoxy groups -OCH3 is 2. The molecule has 10 heteroatoms. The number of nitrogens with zero attached hydrogens (tertiary/aromatic N) is 3. The van der Waals surface area contributed by atoms with E-state index < -0.39 is 0 Å². The van der Waals surface area contributed by atoms with Gasteiger partial charge in [0, 0.05) is 10.0 Å². The average Bonchev–Trinajstić information content (AvgIpc) is 3.31. The maximum atomic E-state index is 12.8. The number of ether oxygens (including phenoxy) is 2. The van der Waals surface area contributed by atoms with Crippen LogP contribution in [0, 0.1) is 0 Å². The van der Waals surface area contributed by atoms with Crippen molar-refractivity contribution in [3.05, 3.63) is 93.5 Å². The molecule has 0 bridgehead atoms. The Morgan fingerprint density at radius 2 is 1.81 bits per heavy atom. The number of halogens is 2. The van der Waals surface area contributed by atoms with Crippen LogP contribution in [-0.4, -0.2) is 34.9 Å². The second-order valence-electron chi connectivity index (χ2n) is 8.64. The van der Waals surface area contributed by atoms with Crippen molar-refractivity contribution in [2.24, 2.45) is 0 Å². The first-order valence-electron chi connectivity index (χ1n) is 11.7. The van der Waals surface area contributed by atoms with Crippen molar-refractivity contribution in [2.75, 3.05) is 24.9 Å². The van der Waals surface area contributed by atoms with Gasteiger partial charge in [0.15, 0.2) is 11.5 Å². The molecule has 0 unspecified atom stereocenters.